The second-order valence-electron chi connectivity index (χ2n) is 4.01. The smallest absolute Gasteiger partial charge is 0.155 e. The number of para-hydroxylation sites is 1. The molecule has 1 aliphatic rings. The first kappa shape index (κ1) is 11.1. The predicted molar refractivity (Wildman–Crippen MR) is 65.4 cm³/mol. The highest BCUT2D eigenvalue weighted by Gasteiger charge is 2.19. The van der Waals surface area contributed by atoms with Crippen LogP contribution in [0.3, 0.4) is 0 Å². The Labute approximate surface area is 106 Å². The van der Waals surface area contributed by atoms with Gasteiger partial charge in [0.2, 0.25) is 0 Å². The molecule has 1 heterocycles. The molecule has 0 spiro atoms. The fourth-order valence-electron chi connectivity index (χ4n) is 1.91. The van der Waals surface area contributed by atoms with Crippen LogP contribution in [0.15, 0.2) is 30.3 Å². The summed E-state index contributed by atoms with van der Waals surface area (Å²) in [6.45, 7) is 0.214. The normalized spacial score (nSPS) is 17.5. The maximum absolute atomic E-state index is 9.25. The van der Waals surface area contributed by atoms with Crippen LogP contribution in [0.2, 0.25) is 0 Å². The number of benzene rings is 2. The number of hydrogen-bond acceptors (Lipinski definition) is 3. The molecule has 3 heteroatoms. The van der Waals surface area contributed by atoms with E-state index in [1.165, 1.54) is 0 Å². The molecule has 0 bridgehead atoms. The molecular weight excluding hydrogens is 228 g/mol. The Balaban J connectivity index is 2.15. The van der Waals surface area contributed by atoms with Gasteiger partial charge < -0.3 is 14.6 Å². The lowest BCUT2D eigenvalue weighted by Crippen LogP contribution is -2.29. The lowest BCUT2D eigenvalue weighted by Gasteiger charge is -2.24. The van der Waals surface area contributed by atoms with Crippen LogP contribution >= 0.6 is 0 Å². The van der Waals surface area contributed by atoms with E-state index in [4.69, 9.17) is 9.47 Å². The molecule has 3 nitrogen and oxygen atoms in total. The van der Waals surface area contributed by atoms with E-state index in [9.17, 15) is 5.11 Å². The maximum Gasteiger partial charge on any atom is 0.155 e. The van der Waals surface area contributed by atoms with Crippen molar-refractivity contribution in [3.63, 3.8) is 0 Å². The molecule has 89 valence electrons. The molecule has 0 fully saturated rings. The summed E-state index contributed by atoms with van der Waals surface area (Å²) in [4.78, 5) is 0. The van der Waals surface area contributed by atoms with Crippen LogP contribution in [0.5, 0.6) is 11.5 Å². The SMILES string of the molecule is OCC1COc2ccccc2-c2[c][c][c]cc2O1. The third-order valence-electron chi connectivity index (χ3n) is 2.79. The van der Waals surface area contributed by atoms with Crippen molar-refractivity contribution in [1.82, 2.24) is 0 Å². The number of fused-ring (bicyclic) bond motifs is 3. The van der Waals surface area contributed by atoms with E-state index in [-0.39, 0.29) is 12.7 Å². The molecule has 1 atom stereocenters. The van der Waals surface area contributed by atoms with Crippen molar-refractivity contribution in [2.75, 3.05) is 13.2 Å². The van der Waals surface area contributed by atoms with Crippen molar-refractivity contribution in [1.29, 1.82) is 0 Å². The van der Waals surface area contributed by atoms with Gasteiger partial charge in [-0.05, 0) is 24.3 Å². The maximum atomic E-state index is 9.25. The molecule has 0 aliphatic carbocycles. The lowest BCUT2D eigenvalue weighted by molar-refractivity contribution is 0.0705. The number of ether oxygens (including phenoxy) is 2. The van der Waals surface area contributed by atoms with E-state index in [0.717, 1.165) is 16.9 Å². The Morgan fingerprint density at radius 3 is 3.06 bits per heavy atom. The second kappa shape index (κ2) is 4.70. The number of hydrogen-bond donors (Lipinski definition) is 1. The summed E-state index contributed by atoms with van der Waals surface area (Å²) in [5.41, 5.74) is 1.69. The summed E-state index contributed by atoms with van der Waals surface area (Å²) < 4.78 is 11.3. The summed E-state index contributed by atoms with van der Waals surface area (Å²) in [5.74, 6) is 1.40. The van der Waals surface area contributed by atoms with Gasteiger partial charge in [0.1, 0.15) is 18.1 Å². The van der Waals surface area contributed by atoms with Crippen LogP contribution < -0.4 is 9.47 Å². The first-order valence-corrected chi connectivity index (χ1v) is 5.72. The molecule has 0 saturated carbocycles. The lowest BCUT2D eigenvalue weighted by atomic mass is 10.0. The number of aliphatic hydroxyl groups is 1. The summed E-state index contributed by atoms with van der Waals surface area (Å²) in [6, 6.07) is 18.0. The molecular formula is C15H11O3. The molecule has 3 radical (unpaired) electrons. The minimum atomic E-state index is -0.388. The summed E-state index contributed by atoms with van der Waals surface area (Å²) in [7, 11) is 0. The fourth-order valence-corrected chi connectivity index (χ4v) is 1.91. The van der Waals surface area contributed by atoms with Gasteiger partial charge in [-0.3, -0.25) is 0 Å². The van der Waals surface area contributed by atoms with Crippen molar-refractivity contribution in [2.24, 2.45) is 0 Å². The highest BCUT2D eigenvalue weighted by Crippen LogP contribution is 2.37. The Morgan fingerprint density at radius 1 is 1.28 bits per heavy atom. The number of rotatable bonds is 1. The Bertz CT molecular complexity index is 551. The van der Waals surface area contributed by atoms with Crippen LogP contribution in [-0.4, -0.2) is 24.4 Å². The quantitative estimate of drug-likeness (QED) is 0.825. The van der Waals surface area contributed by atoms with Gasteiger partial charge in [-0.2, -0.15) is 0 Å². The highest BCUT2D eigenvalue weighted by molar-refractivity contribution is 5.75. The van der Waals surface area contributed by atoms with E-state index in [0.29, 0.717) is 12.4 Å². The van der Waals surface area contributed by atoms with Crippen molar-refractivity contribution in [3.05, 3.63) is 48.5 Å². The van der Waals surface area contributed by atoms with Gasteiger partial charge in [-0.1, -0.05) is 18.2 Å². The highest BCUT2D eigenvalue weighted by atomic mass is 16.5. The molecule has 0 amide bonds. The van der Waals surface area contributed by atoms with E-state index in [1.807, 2.05) is 24.3 Å². The minimum absolute atomic E-state index is 0.0970. The van der Waals surface area contributed by atoms with Gasteiger partial charge in [0.15, 0.2) is 6.10 Å². The van der Waals surface area contributed by atoms with Crippen LogP contribution in [0, 0.1) is 18.2 Å². The Kier molecular flexibility index (Phi) is 2.90. The molecule has 1 aliphatic heterocycles. The van der Waals surface area contributed by atoms with E-state index >= 15 is 0 Å². The predicted octanol–water partition coefficient (Wildman–Crippen LogP) is 1.89. The standard InChI is InChI=1S/C15H11O3/c16-9-11-10-17-14-7-3-1-5-12(14)13-6-2-4-8-15(13)18-11/h1,3,5,7-8,11,16H,9-10H2. The van der Waals surface area contributed by atoms with Crippen molar-refractivity contribution < 1.29 is 14.6 Å². The molecule has 18 heavy (non-hydrogen) atoms. The van der Waals surface area contributed by atoms with Gasteiger partial charge in [0, 0.05) is 17.2 Å². The van der Waals surface area contributed by atoms with Gasteiger partial charge >= 0.3 is 0 Å². The monoisotopic (exact) mass is 239 g/mol. The first-order valence-electron chi connectivity index (χ1n) is 5.72. The Morgan fingerprint density at radius 2 is 2.17 bits per heavy atom. The molecule has 1 N–H and O–H groups in total. The molecule has 0 saturated heterocycles. The second-order valence-corrected chi connectivity index (χ2v) is 4.01. The van der Waals surface area contributed by atoms with E-state index in [2.05, 4.69) is 18.2 Å². The average molecular weight is 239 g/mol. The zero-order chi connectivity index (χ0) is 12.4. The molecule has 2 aromatic carbocycles. The van der Waals surface area contributed by atoms with Crippen LogP contribution in [0.4, 0.5) is 0 Å². The summed E-state index contributed by atoms with van der Waals surface area (Å²) in [5, 5.41) is 9.25. The van der Waals surface area contributed by atoms with Crippen molar-refractivity contribution in [2.45, 2.75) is 6.10 Å². The summed E-state index contributed by atoms with van der Waals surface area (Å²) in [6.07, 6.45) is -0.388. The first-order chi connectivity index (χ1) is 8.88. The third kappa shape index (κ3) is 1.93. The third-order valence-corrected chi connectivity index (χ3v) is 2.79. The number of aliphatic hydroxyl groups excluding tert-OH is 1. The zero-order valence-corrected chi connectivity index (χ0v) is 9.64. The minimum Gasteiger partial charge on any atom is -0.489 e. The molecule has 3 rings (SSSR count). The molecule has 2 aromatic rings. The van der Waals surface area contributed by atoms with Gasteiger partial charge in [-0.15, -0.1) is 0 Å². The van der Waals surface area contributed by atoms with E-state index < -0.39 is 0 Å². The fraction of sp³-hybridized carbons (Fsp3) is 0.200. The Hall–Kier alpha value is -2.00. The van der Waals surface area contributed by atoms with Crippen LogP contribution in [-0.2, 0) is 0 Å². The largest absolute Gasteiger partial charge is 0.489 e. The zero-order valence-electron chi connectivity index (χ0n) is 9.64. The van der Waals surface area contributed by atoms with Gasteiger partial charge in [0.05, 0.1) is 6.61 Å². The van der Waals surface area contributed by atoms with Gasteiger partial charge in [0.25, 0.3) is 0 Å². The molecule has 1 unspecified atom stereocenters. The molecule has 0 aromatic heterocycles. The average Bonchev–Trinajstić information content (AvgIpc) is 2.42. The van der Waals surface area contributed by atoms with Crippen molar-refractivity contribution in [3.8, 4) is 22.6 Å². The van der Waals surface area contributed by atoms with Crippen LogP contribution in [0.1, 0.15) is 0 Å². The van der Waals surface area contributed by atoms with Gasteiger partial charge in [-0.25, -0.2) is 0 Å². The van der Waals surface area contributed by atoms with Crippen molar-refractivity contribution >= 4 is 0 Å². The van der Waals surface area contributed by atoms with Crippen LogP contribution in [0.25, 0.3) is 11.1 Å². The summed E-state index contributed by atoms with van der Waals surface area (Å²) >= 11 is 0. The van der Waals surface area contributed by atoms with E-state index in [1.54, 1.807) is 6.07 Å². The topological polar surface area (TPSA) is 38.7 Å².